The van der Waals surface area contributed by atoms with Gasteiger partial charge in [-0.05, 0) is 20.8 Å². The lowest BCUT2D eigenvalue weighted by Gasteiger charge is -2.22. The van der Waals surface area contributed by atoms with Crippen molar-refractivity contribution >= 4 is 29.1 Å². The monoisotopic (exact) mass is 396 g/mol. The predicted octanol–water partition coefficient (Wildman–Crippen LogP) is 1.35. The van der Waals surface area contributed by atoms with Crippen LogP contribution in [0.25, 0.3) is 0 Å². The molecule has 2 atom stereocenters. The fourth-order valence-electron chi connectivity index (χ4n) is 2.70. The lowest BCUT2D eigenvalue weighted by Crippen LogP contribution is -2.41. The van der Waals surface area contributed by atoms with Crippen molar-refractivity contribution in [2.75, 3.05) is 13.2 Å². The van der Waals surface area contributed by atoms with Gasteiger partial charge in [-0.2, -0.15) is 0 Å². The molecule has 0 aliphatic carbocycles. The van der Waals surface area contributed by atoms with Gasteiger partial charge >= 0.3 is 17.7 Å². The molecule has 0 aliphatic rings. The van der Waals surface area contributed by atoms with E-state index in [4.69, 9.17) is 9.47 Å². The predicted molar refractivity (Wildman–Crippen MR) is 93.7 cm³/mol. The molecule has 0 spiro atoms. The fraction of sp³-hybridized carbons (Fsp3) is 0.412. The second-order valence-corrected chi connectivity index (χ2v) is 5.51. The zero-order chi connectivity index (χ0) is 21.4. The number of nitro groups is 1. The normalized spacial score (nSPS) is 13.7. The molecular weight excluding hydrogens is 376 g/mol. The van der Waals surface area contributed by atoms with E-state index in [1.54, 1.807) is 0 Å². The number of esters is 2. The number of benzene rings is 1. The highest BCUT2D eigenvalue weighted by Gasteiger charge is 2.49. The van der Waals surface area contributed by atoms with E-state index in [-0.39, 0.29) is 18.8 Å². The first-order chi connectivity index (χ1) is 13.2. The van der Waals surface area contributed by atoms with E-state index in [1.807, 2.05) is 0 Å². The lowest BCUT2D eigenvalue weighted by molar-refractivity contribution is -0.726. The molecule has 1 aromatic carbocycles. The molecule has 2 unspecified atom stereocenters. The number of hydrogen-bond donors (Lipinski definition) is 1. The van der Waals surface area contributed by atoms with Gasteiger partial charge in [0.25, 0.3) is 5.69 Å². The summed E-state index contributed by atoms with van der Waals surface area (Å²) in [7, 11) is 0. The summed E-state index contributed by atoms with van der Waals surface area (Å²) in [5.74, 6) is -6.88. The molecule has 0 aromatic heterocycles. The van der Waals surface area contributed by atoms with Gasteiger partial charge in [-0.3, -0.25) is 24.9 Å². The van der Waals surface area contributed by atoms with Crippen molar-refractivity contribution in [3.63, 3.8) is 0 Å². The van der Waals surface area contributed by atoms with E-state index in [2.05, 4.69) is 0 Å². The Morgan fingerprint density at radius 1 is 1.11 bits per heavy atom. The molecule has 152 valence electrons. The minimum atomic E-state index is -1.81. The molecule has 28 heavy (non-hydrogen) atoms. The van der Waals surface area contributed by atoms with Crippen LogP contribution >= 0.6 is 0 Å². The zero-order valence-electron chi connectivity index (χ0n) is 15.5. The highest BCUT2D eigenvalue weighted by molar-refractivity contribution is 6.37. The Morgan fingerprint density at radius 3 is 2.14 bits per heavy atom. The second-order valence-electron chi connectivity index (χ2n) is 5.51. The molecule has 0 aliphatic heterocycles. The SMILES string of the molecule is CCOC(=O)C(C(c1ccccc1[N+](=O)[O-])C(C(C)=O)C(=O)OCC)=[N+]([O-])O. The van der Waals surface area contributed by atoms with Crippen molar-refractivity contribution in [2.24, 2.45) is 5.92 Å². The second kappa shape index (κ2) is 10.00. The number of para-hydroxylation sites is 1. The molecule has 0 saturated heterocycles. The fourth-order valence-corrected chi connectivity index (χ4v) is 2.70. The Morgan fingerprint density at radius 2 is 1.68 bits per heavy atom. The Hall–Kier alpha value is -3.50. The minimum Gasteiger partial charge on any atom is -0.465 e. The first-order valence-electron chi connectivity index (χ1n) is 8.27. The van der Waals surface area contributed by atoms with Gasteiger partial charge < -0.3 is 14.7 Å². The molecule has 0 bridgehead atoms. The van der Waals surface area contributed by atoms with Crippen molar-refractivity contribution in [1.29, 1.82) is 0 Å². The number of nitro benzene ring substituents is 1. The van der Waals surface area contributed by atoms with Gasteiger partial charge in [-0.25, -0.2) is 4.79 Å². The summed E-state index contributed by atoms with van der Waals surface area (Å²) < 4.78 is 9.57. The average molecular weight is 396 g/mol. The minimum absolute atomic E-state index is 0.124. The third-order valence-electron chi connectivity index (χ3n) is 3.77. The largest absolute Gasteiger partial charge is 0.465 e. The van der Waals surface area contributed by atoms with Gasteiger partial charge in [0, 0.05) is 16.5 Å². The Balaban J connectivity index is 3.84. The standard InChI is InChI=1S/C17H20N2O9/c1-4-27-16(21)13(10(3)20)14(15(19(25)26)17(22)28-5-2)11-8-6-7-9-12(11)18(23)24/h6-9,13-14H,4-5H2,1-3H3,(H,25,26). The third kappa shape index (κ3) is 5.02. The highest BCUT2D eigenvalue weighted by atomic mass is 16.8. The van der Waals surface area contributed by atoms with Gasteiger partial charge in [-0.15, -0.1) is 0 Å². The van der Waals surface area contributed by atoms with Crippen LogP contribution in [0, 0.1) is 21.2 Å². The van der Waals surface area contributed by atoms with E-state index in [0.717, 1.165) is 13.0 Å². The number of Topliss-reactive ketones (excluding diaryl/α,β-unsaturated/α-hetero) is 1. The molecule has 1 rings (SSSR count). The van der Waals surface area contributed by atoms with Gasteiger partial charge in [-0.1, -0.05) is 18.2 Å². The molecule has 0 radical (unpaired) electrons. The number of hydrogen-bond acceptors (Lipinski definition) is 9. The average Bonchev–Trinajstić information content (AvgIpc) is 2.60. The number of ketones is 1. The van der Waals surface area contributed by atoms with Crippen molar-refractivity contribution in [2.45, 2.75) is 26.7 Å². The number of rotatable bonds is 9. The van der Waals surface area contributed by atoms with E-state index < -0.39 is 50.8 Å². The van der Waals surface area contributed by atoms with E-state index in [0.29, 0.717) is 0 Å². The summed E-state index contributed by atoms with van der Waals surface area (Å²) in [6.07, 6.45) is 0. The first kappa shape index (κ1) is 22.5. The van der Waals surface area contributed by atoms with E-state index in [1.165, 1.54) is 32.0 Å². The van der Waals surface area contributed by atoms with Crippen LogP contribution in [0.2, 0.25) is 0 Å². The van der Waals surface area contributed by atoms with E-state index in [9.17, 15) is 34.9 Å². The van der Waals surface area contributed by atoms with Crippen molar-refractivity contribution in [3.8, 4) is 0 Å². The molecule has 0 fully saturated rings. The quantitative estimate of drug-likeness (QED) is 0.124. The maximum Gasteiger partial charge on any atom is 0.405 e. The van der Waals surface area contributed by atoms with Crippen LogP contribution in [0.5, 0.6) is 0 Å². The first-order valence-corrected chi connectivity index (χ1v) is 8.27. The van der Waals surface area contributed by atoms with E-state index >= 15 is 0 Å². The molecule has 0 heterocycles. The van der Waals surface area contributed by atoms with Crippen LogP contribution in [0.4, 0.5) is 5.69 Å². The van der Waals surface area contributed by atoms with Gasteiger partial charge in [0.1, 0.15) is 17.6 Å². The van der Waals surface area contributed by atoms with Crippen molar-refractivity contribution in [1.82, 2.24) is 0 Å². The summed E-state index contributed by atoms with van der Waals surface area (Å²) in [5, 5.41) is 32.7. The molecule has 0 saturated carbocycles. The summed E-state index contributed by atoms with van der Waals surface area (Å²) in [6, 6.07) is 4.91. The molecule has 0 amide bonds. The van der Waals surface area contributed by atoms with Crippen LogP contribution in [-0.4, -0.2) is 51.7 Å². The maximum absolute atomic E-state index is 12.4. The Kier molecular flexibility index (Phi) is 8.05. The van der Waals surface area contributed by atoms with Crippen LogP contribution in [0.15, 0.2) is 24.3 Å². The summed E-state index contributed by atoms with van der Waals surface area (Å²) >= 11 is 0. The van der Waals surface area contributed by atoms with Crippen LogP contribution < -0.4 is 0 Å². The number of nitrogens with zero attached hydrogens (tertiary/aromatic N) is 2. The maximum atomic E-state index is 12.4. The number of carbonyl (C=O) groups is 3. The Bertz CT molecular complexity index is 800. The smallest absolute Gasteiger partial charge is 0.405 e. The van der Waals surface area contributed by atoms with Crippen LogP contribution in [0.3, 0.4) is 0 Å². The van der Waals surface area contributed by atoms with Gasteiger partial charge in [0.15, 0.2) is 0 Å². The third-order valence-corrected chi connectivity index (χ3v) is 3.77. The van der Waals surface area contributed by atoms with Gasteiger partial charge in [0.2, 0.25) is 0 Å². The highest BCUT2D eigenvalue weighted by Crippen LogP contribution is 2.35. The molecule has 1 N–H and O–H groups in total. The summed E-state index contributed by atoms with van der Waals surface area (Å²) in [6.45, 7) is 3.58. The van der Waals surface area contributed by atoms with Gasteiger partial charge in [0.05, 0.1) is 18.1 Å². The molecule has 11 heteroatoms. The van der Waals surface area contributed by atoms with Crippen LogP contribution in [0.1, 0.15) is 32.3 Å². The number of carbonyl (C=O) groups excluding carboxylic acids is 3. The van der Waals surface area contributed by atoms with Crippen molar-refractivity contribution < 1.29 is 38.9 Å². The Labute approximate surface area is 159 Å². The summed E-state index contributed by atoms with van der Waals surface area (Å²) in [5.41, 5.74) is -1.92. The van der Waals surface area contributed by atoms with Crippen molar-refractivity contribution in [3.05, 3.63) is 45.2 Å². The summed E-state index contributed by atoms with van der Waals surface area (Å²) in [4.78, 5) is 46.7. The molecular formula is C17H20N2O9. The number of ether oxygens (including phenoxy) is 2. The van der Waals surface area contributed by atoms with Crippen LogP contribution in [-0.2, 0) is 23.9 Å². The topological polar surface area (TPSA) is 159 Å². The molecule has 11 nitrogen and oxygen atoms in total. The molecule has 1 aromatic rings. The lowest BCUT2D eigenvalue weighted by atomic mass is 9.79. The zero-order valence-corrected chi connectivity index (χ0v) is 15.5.